The Labute approximate surface area is 137 Å². The lowest BCUT2D eigenvalue weighted by atomic mass is 10.00. The van der Waals surface area contributed by atoms with Crippen molar-refractivity contribution in [1.82, 2.24) is 0 Å². The minimum absolute atomic E-state index is 0.925. The van der Waals surface area contributed by atoms with Crippen molar-refractivity contribution >= 4 is 26.9 Å². The van der Waals surface area contributed by atoms with Crippen LogP contribution in [0, 0.1) is 0 Å². The van der Waals surface area contributed by atoms with Crippen LogP contribution < -0.4 is 0 Å². The van der Waals surface area contributed by atoms with E-state index in [1.165, 1.54) is 16.7 Å². The van der Waals surface area contributed by atoms with Crippen LogP contribution in [0.5, 0.6) is 0 Å². The summed E-state index contributed by atoms with van der Waals surface area (Å²) in [6, 6.07) is 25.1. The monoisotopic (exact) mass is 348 g/mol. The van der Waals surface area contributed by atoms with Gasteiger partial charge in [-0.15, -0.1) is 0 Å². The largest absolute Gasteiger partial charge is 0.464 e. The molecule has 0 atom stereocenters. The van der Waals surface area contributed by atoms with Crippen molar-refractivity contribution in [3.8, 4) is 22.3 Å². The standard InChI is InChI=1S/C20H13BrO/c21-17-5-3-4-16(12-17)14-8-10-15(11-9-14)19-13-22-20-7-2-1-6-18(19)20/h1-13H. The fourth-order valence-corrected chi connectivity index (χ4v) is 3.11. The molecule has 0 radical (unpaired) electrons. The molecule has 0 saturated carbocycles. The summed E-state index contributed by atoms with van der Waals surface area (Å²) in [5.41, 5.74) is 5.64. The van der Waals surface area contributed by atoms with Crippen molar-refractivity contribution in [2.45, 2.75) is 0 Å². The summed E-state index contributed by atoms with van der Waals surface area (Å²) in [5, 5.41) is 1.15. The molecule has 1 heterocycles. The molecule has 0 saturated heterocycles. The molecule has 0 unspecified atom stereocenters. The highest BCUT2D eigenvalue weighted by molar-refractivity contribution is 9.10. The number of halogens is 1. The second-order valence-electron chi connectivity index (χ2n) is 5.23. The van der Waals surface area contributed by atoms with Crippen molar-refractivity contribution < 1.29 is 4.42 Å². The van der Waals surface area contributed by atoms with E-state index in [4.69, 9.17) is 4.42 Å². The van der Waals surface area contributed by atoms with Gasteiger partial charge in [-0.05, 0) is 34.9 Å². The molecule has 4 rings (SSSR count). The number of hydrogen-bond donors (Lipinski definition) is 0. The van der Waals surface area contributed by atoms with Gasteiger partial charge in [0.25, 0.3) is 0 Å². The summed E-state index contributed by atoms with van der Waals surface area (Å²) < 4.78 is 6.72. The topological polar surface area (TPSA) is 13.1 Å². The number of furan rings is 1. The molecule has 4 aromatic rings. The lowest BCUT2D eigenvalue weighted by Gasteiger charge is -2.04. The molecule has 0 aliphatic heterocycles. The van der Waals surface area contributed by atoms with E-state index in [1.807, 2.05) is 30.5 Å². The maximum Gasteiger partial charge on any atom is 0.134 e. The zero-order chi connectivity index (χ0) is 14.9. The second-order valence-corrected chi connectivity index (χ2v) is 6.15. The zero-order valence-electron chi connectivity index (χ0n) is 11.8. The third-order valence-corrected chi connectivity index (χ3v) is 4.33. The molecule has 0 fully saturated rings. The first-order valence-electron chi connectivity index (χ1n) is 7.14. The maximum atomic E-state index is 5.63. The van der Waals surface area contributed by atoms with E-state index in [2.05, 4.69) is 64.5 Å². The van der Waals surface area contributed by atoms with Gasteiger partial charge in [0, 0.05) is 15.4 Å². The van der Waals surface area contributed by atoms with Crippen molar-refractivity contribution in [2.75, 3.05) is 0 Å². The fourth-order valence-electron chi connectivity index (χ4n) is 2.71. The van der Waals surface area contributed by atoms with Gasteiger partial charge >= 0.3 is 0 Å². The van der Waals surface area contributed by atoms with Crippen LogP contribution in [0.15, 0.2) is 87.9 Å². The molecule has 3 aromatic carbocycles. The SMILES string of the molecule is Brc1cccc(-c2ccc(-c3coc4ccccc34)cc2)c1. The van der Waals surface area contributed by atoms with Crippen LogP contribution in [-0.2, 0) is 0 Å². The van der Waals surface area contributed by atoms with E-state index in [0.717, 1.165) is 21.0 Å². The molecule has 0 N–H and O–H groups in total. The van der Waals surface area contributed by atoms with Crippen LogP contribution in [0.3, 0.4) is 0 Å². The molecule has 0 bridgehead atoms. The molecule has 0 aliphatic rings. The van der Waals surface area contributed by atoms with Gasteiger partial charge in [-0.1, -0.05) is 70.5 Å². The Morgan fingerprint density at radius 1 is 0.682 bits per heavy atom. The van der Waals surface area contributed by atoms with Crippen molar-refractivity contribution in [3.63, 3.8) is 0 Å². The summed E-state index contributed by atoms with van der Waals surface area (Å²) in [6.45, 7) is 0. The Kier molecular flexibility index (Phi) is 3.32. The van der Waals surface area contributed by atoms with Crippen LogP contribution in [0.2, 0.25) is 0 Å². The molecule has 2 heteroatoms. The predicted molar refractivity (Wildman–Crippen MR) is 94.8 cm³/mol. The Hall–Kier alpha value is -2.32. The van der Waals surface area contributed by atoms with E-state index in [9.17, 15) is 0 Å². The highest BCUT2D eigenvalue weighted by Gasteiger charge is 2.07. The van der Waals surface area contributed by atoms with Crippen LogP contribution >= 0.6 is 15.9 Å². The summed E-state index contributed by atoms with van der Waals surface area (Å²) in [7, 11) is 0. The summed E-state index contributed by atoms with van der Waals surface area (Å²) in [6.07, 6.45) is 1.83. The minimum Gasteiger partial charge on any atom is -0.464 e. The number of benzene rings is 3. The average molecular weight is 349 g/mol. The zero-order valence-corrected chi connectivity index (χ0v) is 13.4. The third-order valence-electron chi connectivity index (χ3n) is 3.83. The first-order valence-corrected chi connectivity index (χ1v) is 7.93. The first kappa shape index (κ1) is 13.4. The maximum absolute atomic E-state index is 5.63. The molecule has 1 aromatic heterocycles. The van der Waals surface area contributed by atoms with Gasteiger partial charge in [-0.3, -0.25) is 0 Å². The van der Waals surface area contributed by atoms with Crippen LogP contribution in [0.1, 0.15) is 0 Å². The van der Waals surface area contributed by atoms with Gasteiger partial charge in [0.15, 0.2) is 0 Å². The highest BCUT2D eigenvalue weighted by Crippen LogP contribution is 2.32. The third kappa shape index (κ3) is 2.36. The molecule has 22 heavy (non-hydrogen) atoms. The van der Waals surface area contributed by atoms with E-state index in [0.29, 0.717) is 0 Å². The highest BCUT2D eigenvalue weighted by atomic mass is 79.9. The molecule has 1 nitrogen and oxygen atoms in total. The van der Waals surface area contributed by atoms with Gasteiger partial charge in [-0.25, -0.2) is 0 Å². The molecular weight excluding hydrogens is 336 g/mol. The molecular formula is C20H13BrO. The molecule has 0 amide bonds. The van der Waals surface area contributed by atoms with Crippen LogP contribution in [0.4, 0.5) is 0 Å². The summed E-state index contributed by atoms with van der Waals surface area (Å²) >= 11 is 3.52. The normalized spacial score (nSPS) is 11.0. The Morgan fingerprint density at radius 3 is 2.27 bits per heavy atom. The van der Waals surface area contributed by atoms with Gasteiger partial charge in [-0.2, -0.15) is 0 Å². The Bertz CT molecular complexity index is 935. The molecule has 106 valence electrons. The number of para-hydroxylation sites is 1. The van der Waals surface area contributed by atoms with Crippen LogP contribution in [-0.4, -0.2) is 0 Å². The van der Waals surface area contributed by atoms with E-state index >= 15 is 0 Å². The quantitative estimate of drug-likeness (QED) is 0.401. The minimum atomic E-state index is 0.925. The van der Waals surface area contributed by atoms with Crippen molar-refractivity contribution in [3.05, 3.63) is 83.5 Å². The predicted octanol–water partition coefficient (Wildman–Crippen LogP) is 6.53. The van der Waals surface area contributed by atoms with Gasteiger partial charge in [0.1, 0.15) is 5.58 Å². The molecule has 0 aliphatic carbocycles. The fraction of sp³-hybridized carbons (Fsp3) is 0. The number of fused-ring (bicyclic) bond motifs is 1. The van der Waals surface area contributed by atoms with Crippen LogP contribution in [0.25, 0.3) is 33.2 Å². The van der Waals surface area contributed by atoms with E-state index < -0.39 is 0 Å². The van der Waals surface area contributed by atoms with E-state index in [-0.39, 0.29) is 0 Å². The Balaban J connectivity index is 1.76. The average Bonchev–Trinajstić information content (AvgIpc) is 2.99. The lowest BCUT2D eigenvalue weighted by Crippen LogP contribution is -1.80. The summed E-state index contributed by atoms with van der Waals surface area (Å²) in [5.74, 6) is 0. The Morgan fingerprint density at radius 2 is 1.45 bits per heavy atom. The van der Waals surface area contributed by atoms with E-state index in [1.54, 1.807) is 0 Å². The smallest absolute Gasteiger partial charge is 0.134 e. The van der Waals surface area contributed by atoms with Gasteiger partial charge < -0.3 is 4.42 Å². The number of rotatable bonds is 2. The summed E-state index contributed by atoms with van der Waals surface area (Å²) in [4.78, 5) is 0. The van der Waals surface area contributed by atoms with Gasteiger partial charge in [0.05, 0.1) is 6.26 Å². The first-order chi connectivity index (χ1) is 10.8. The molecule has 0 spiro atoms. The van der Waals surface area contributed by atoms with Gasteiger partial charge in [0.2, 0.25) is 0 Å². The van der Waals surface area contributed by atoms with Crippen molar-refractivity contribution in [2.24, 2.45) is 0 Å². The lowest BCUT2D eigenvalue weighted by molar-refractivity contribution is 0.617. The van der Waals surface area contributed by atoms with Crippen molar-refractivity contribution in [1.29, 1.82) is 0 Å². The number of hydrogen-bond acceptors (Lipinski definition) is 1. The second kappa shape index (κ2) is 5.47.